The molecule has 1 aromatic carbocycles. The van der Waals surface area contributed by atoms with Crippen LogP contribution in [0.5, 0.6) is 0 Å². The van der Waals surface area contributed by atoms with Crippen LogP contribution in [0.2, 0.25) is 0 Å². The normalized spacial score (nSPS) is 12.3. The highest BCUT2D eigenvalue weighted by atomic mass is 32.2. The zero-order valence-corrected chi connectivity index (χ0v) is 12.2. The summed E-state index contributed by atoms with van der Waals surface area (Å²) in [7, 11) is -1.21. The zero-order chi connectivity index (χ0) is 14.7. The molecule has 2 aromatic rings. The Balaban J connectivity index is 2.17. The number of nitrogens with zero attached hydrogens (tertiary/aromatic N) is 2. The van der Waals surface area contributed by atoms with E-state index in [1.165, 1.54) is 12.1 Å². The van der Waals surface area contributed by atoms with Crippen LogP contribution < -0.4 is 0 Å². The van der Waals surface area contributed by atoms with Crippen LogP contribution in [0.4, 0.5) is 0 Å². The summed E-state index contributed by atoms with van der Waals surface area (Å²) in [6.45, 7) is 4.62. The molecule has 0 aliphatic rings. The lowest BCUT2D eigenvalue weighted by Gasteiger charge is -2.05. The molecule has 1 unspecified atom stereocenters. The molecule has 106 valence electrons. The Hall–Kier alpha value is -1.95. The molecule has 0 radical (unpaired) electrons. The van der Waals surface area contributed by atoms with Crippen molar-refractivity contribution in [1.82, 2.24) is 9.78 Å². The summed E-state index contributed by atoms with van der Waals surface area (Å²) in [5.74, 6) is -0.608. The Labute approximate surface area is 119 Å². The lowest BCUT2D eigenvalue weighted by atomic mass is 10.2. The van der Waals surface area contributed by atoms with E-state index < -0.39 is 16.8 Å². The van der Waals surface area contributed by atoms with Crippen LogP contribution in [0, 0.1) is 6.92 Å². The SMILES string of the molecule is CCn1nc(C)cc1CS(=O)c1ccc(C(=O)O)cc1. The second-order valence-corrected chi connectivity index (χ2v) is 5.86. The maximum Gasteiger partial charge on any atom is 0.335 e. The minimum Gasteiger partial charge on any atom is -0.478 e. The third-order valence-corrected chi connectivity index (χ3v) is 4.28. The van der Waals surface area contributed by atoms with Crippen LogP contribution in [0.15, 0.2) is 35.2 Å². The van der Waals surface area contributed by atoms with Gasteiger partial charge >= 0.3 is 5.97 Å². The second kappa shape index (κ2) is 6.00. The van der Waals surface area contributed by atoms with E-state index >= 15 is 0 Å². The number of aryl methyl sites for hydroxylation is 2. The molecular formula is C14H16N2O3S. The van der Waals surface area contributed by atoms with Gasteiger partial charge < -0.3 is 5.11 Å². The third-order valence-electron chi connectivity index (χ3n) is 2.93. The molecule has 1 atom stereocenters. The highest BCUT2D eigenvalue weighted by Crippen LogP contribution is 2.14. The van der Waals surface area contributed by atoms with Crippen LogP contribution in [-0.4, -0.2) is 25.1 Å². The van der Waals surface area contributed by atoms with Gasteiger partial charge in [0.05, 0.1) is 33.5 Å². The molecule has 2 rings (SSSR count). The third kappa shape index (κ3) is 3.14. The van der Waals surface area contributed by atoms with Crippen molar-refractivity contribution in [3.8, 4) is 0 Å². The molecular weight excluding hydrogens is 276 g/mol. The van der Waals surface area contributed by atoms with Gasteiger partial charge in [-0.2, -0.15) is 5.10 Å². The van der Waals surface area contributed by atoms with Crippen molar-refractivity contribution in [1.29, 1.82) is 0 Å². The number of carboxylic acid groups (broad SMARTS) is 1. The number of benzene rings is 1. The summed E-state index contributed by atoms with van der Waals surface area (Å²) in [5.41, 5.74) is 2.02. The standard InChI is InChI=1S/C14H16N2O3S/c1-3-16-12(8-10(2)15-16)9-20(19)13-6-4-11(5-7-13)14(17)18/h4-8H,3,9H2,1-2H3,(H,17,18). The van der Waals surface area contributed by atoms with Crippen LogP contribution in [-0.2, 0) is 23.1 Å². The molecule has 6 heteroatoms. The number of carbonyl (C=O) groups is 1. The molecule has 0 saturated carbocycles. The first-order valence-electron chi connectivity index (χ1n) is 6.26. The number of aromatic nitrogens is 2. The summed E-state index contributed by atoms with van der Waals surface area (Å²) in [6, 6.07) is 8.06. The number of hydrogen-bond donors (Lipinski definition) is 1. The van der Waals surface area contributed by atoms with Crippen molar-refractivity contribution in [3.63, 3.8) is 0 Å². The maximum atomic E-state index is 12.3. The largest absolute Gasteiger partial charge is 0.478 e. The highest BCUT2D eigenvalue weighted by Gasteiger charge is 2.11. The molecule has 0 amide bonds. The van der Waals surface area contributed by atoms with Crippen molar-refractivity contribution in [2.24, 2.45) is 0 Å². The van der Waals surface area contributed by atoms with E-state index in [2.05, 4.69) is 5.10 Å². The van der Waals surface area contributed by atoms with Crippen molar-refractivity contribution >= 4 is 16.8 Å². The average Bonchev–Trinajstić information content (AvgIpc) is 2.78. The average molecular weight is 292 g/mol. The first kappa shape index (κ1) is 14.5. The van der Waals surface area contributed by atoms with Crippen molar-refractivity contribution in [3.05, 3.63) is 47.3 Å². The number of aromatic carboxylic acids is 1. The minimum absolute atomic E-state index is 0.195. The summed E-state index contributed by atoms with van der Waals surface area (Å²) in [5, 5.41) is 13.2. The monoisotopic (exact) mass is 292 g/mol. The highest BCUT2D eigenvalue weighted by molar-refractivity contribution is 7.84. The second-order valence-electron chi connectivity index (χ2n) is 4.41. The van der Waals surface area contributed by atoms with Crippen LogP contribution >= 0.6 is 0 Å². The molecule has 0 aliphatic heterocycles. The lowest BCUT2D eigenvalue weighted by Crippen LogP contribution is -2.06. The van der Waals surface area contributed by atoms with E-state index in [0.29, 0.717) is 10.6 Å². The quantitative estimate of drug-likeness (QED) is 0.917. The van der Waals surface area contributed by atoms with Gasteiger partial charge in [-0.15, -0.1) is 0 Å². The molecule has 0 spiro atoms. The maximum absolute atomic E-state index is 12.3. The van der Waals surface area contributed by atoms with Gasteiger partial charge in [0.2, 0.25) is 0 Å². The summed E-state index contributed by atoms with van der Waals surface area (Å²) in [6.07, 6.45) is 0. The van der Waals surface area contributed by atoms with Gasteiger partial charge in [-0.3, -0.25) is 8.89 Å². The van der Waals surface area contributed by atoms with E-state index in [1.54, 1.807) is 12.1 Å². The smallest absolute Gasteiger partial charge is 0.335 e. The lowest BCUT2D eigenvalue weighted by molar-refractivity contribution is 0.0697. The molecule has 0 aliphatic carbocycles. The Morgan fingerprint density at radius 2 is 2.00 bits per heavy atom. The van der Waals surface area contributed by atoms with E-state index in [4.69, 9.17) is 5.11 Å². The van der Waals surface area contributed by atoms with Gasteiger partial charge in [-0.25, -0.2) is 4.79 Å². The number of hydrogen-bond acceptors (Lipinski definition) is 3. The molecule has 1 aromatic heterocycles. The summed E-state index contributed by atoms with van der Waals surface area (Å²) in [4.78, 5) is 11.4. The predicted molar refractivity (Wildman–Crippen MR) is 76.2 cm³/mol. The molecule has 20 heavy (non-hydrogen) atoms. The van der Waals surface area contributed by atoms with Gasteiger partial charge in [-0.1, -0.05) is 0 Å². The van der Waals surface area contributed by atoms with E-state index in [1.807, 2.05) is 24.6 Å². The van der Waals surface area contributed by atoms with E-state index in [-0.39, 0.29) is 5.56 Å². The van der Waals surface area contributed by atoms with Crippen LogP contribution in [0.3, 0.4) is 0 Å². The first-order valence-corrected chi connectivity index (χ1v) is 7.58. The summed E-state index contributed by atoms with van der Waals surface area (Å²) >= 11 is 0. The molecule has 0 fully saturated rings. The van der Waals surface area contributed by atoms with Crippen LogP contribution in [0.1, 0.15) is 28.7 Å². The minimum atomic E-state index is -1.21. The van der Waals surface area contributed by atoms with Gasteiger partial charge in [0.1, 0.15) is 0 Å². The molecule has 1 N–H and O–H groups in total. The van der Waals surface area contributed by atoms with Gasteiger partial charge in [0.25, 0.3) is 0 Å². The fourth-order valence-corrected chi connectivity index (χ4v) is 3.06. The van der Waals surface area contributed by atoms with Gasteiger partial charge in [0, 0.05) is 11.4 Å². The Bertz CT molecular complexity index is 647. The number of rotatable bonds is 5. The zero-order valence-electron chi connectivity index (χ0n) is 11.4. The van der Waals surface area contributed by atoms with E-state index in [9.17, 15) is 9.00 Å². The van der Waals surface area contributed by atoms with Crippen molar-refractivity contribution in [2.75, 3.05) is 0 Å². The van der Waals surface area contributed by atoms with Crippen LogP contribution in [0.25, 0.3) is 0 Å². The van der Waals surface area contributed by atoms with Gasteiger partial charge in [-0.05, 0) is 44.2 Å². The molecule has 0 bridgehead atoms. The van der Waals surface area contributed by atoms with Crippen molar-refractivity contribution in [2.45, 2.75) is 31.0 Å². The summed E-state index contributed by atoms with van der Waals surface area (Å²) < 4.78 is 14.1. The van der Waals surface area contributed by atoms with Gasteiger partial charge in [0.15, 0.2) is 0 Å². The first-order chi connectivity index (χ1) is 9.51. The van der Waals surface area contributed by atoms with E-state index in [0.717, 1.165) is 17.9 Å². The molecule has 0 saturated heterocycles. The van der Waals surface area contributed by atoms with Crippen molar-refractivity contribution < 1.29 is 14.1 Å². The number of carboxylic acids is 1. The topological polar surface area (TPSA) is 72.2 Å². The molecule has 1 heterocycles. The Kier molecular flexibility index (Phi) is 4.34. The Morgan fingerprint density at radius 1 is 1.35 bits per heavy atom. The fraction of sp³-hybridized carbons (Fsp3) is 0.286. The Morgan fingerprint density at radius 3 is 2.55 bits per heavy atom. The molecule has 5 nitrogen and oxygen atoms in total. The predicted octanol–water partition coefficient (Wildman–Crippen LogP) is 2.22. The fourth-order valence-electron chi connectivity index (χ4n) is 1.96.